The highest BCUT2D eigenvalue weighted by atomic mass is 79.9. The van der Waals surface area contributed by atoms with Crippen molar-refractivity contribution in [2.45, 2.75) is 50.8 Å². The second-order valence-corrected chi connectivity index (χ2v) is 8.67. The fourth-order valence-corrected chi connectivity index (χ4v) is 4.15. The predicted molar refractivity (Wildman–Crippen MR) is 101 cm³/mol. The molecule has 0 spiro atoms. The van der Waals surface area contributed by atoms with Gasteiger partial charge in [-0.25, -0.2) is 4.39 Å². The zero-order valence-corrected chi connectivity index (χ0v) is 16.9. The Balaban J connectivity index is 2.17. The first-order chi connectivity index (χ1) is 11.1. The molecule has 130 valence electrons. The summed E-state index contributed by atoms with van der Waals surface area (Å²) in [4.78, 5) is 12.6. The van der Waals surface area contributed by atoms with Gasteiger partial charge in [0.2, 0.25) is 0 Å². The summed E-state index contributed by atoms with van der Waals surface area (Å²) < 4.78 is 19.2. The van der Waals surface area contributed by atoms with Gasteiger partial charge in [-0.2, -0.15) is 0 Å². The van der Waals surface area contributed by atoms with Crippen LogP contribution in [-0.4, -0.2) is 18.3 Å². The lowest BCUT2D eigenvalue weighted by Gasteiger charge is -2.14. The molecule has 6 heteroatoms. The van der Waals surface area contributed by atoms with Crippen molar-refractivity contribution in [2.75, 3.05) is 12.4 Å². The fraction of sp³-hybridized carbons (Fsp3) is 0.588. The zero-order valence-electron chi connectivity index (χ0n) is 13.6. The van der Waals surface area contributed by atoms with E-state index in [9.17, 15) is 9.18 Å². The molecule has 0 radical (unpaired) electrons. The largest absolute Gasteiger partial charge is 0.465 e. The summed E-state index contributed by atoms with van der Waals surface area (Å²) in [6.07, 6.45) is 4.93. The first kappa shape index (κ1) is 20.8. The van der Waals surface area contributed by atoms with Crippen molar-refractivity contribution in [3.05, 3.63) is 28.5 Å². The maximum atomic E-state index is 13.4. The lowest BCUT2D eigenvalue weighted by Crippen LogP contribution is -2.14. The van der Waals surface area contributed by atoms with Crippen LogP contribution >= 0.6 is 37.5 Å². The summed E-state index contributed by atoms with van der Waals surface area (Å²) in [6.45, 7) is 4.84. The third-order valence-corrected chi connectivity index (χ3v) is 6.47. The van der Waals surface area contributed by atoms with Crippen LogP contribution in [0, 0.1) is 11.7 Å². The van der Waals surface area contributed by atoms with Gasteiger partial charge in [0.15, 0.2) is 0 Å². The van der Waals surface area contributed by atoms with E-state index in [-0.39, 0.29) is 11.8 Å². The van der Waals surface area contributed by atoms with Crippen LogP contribution in [0.25, 0.3) is 0 Å². The summed E-state index contributed by atoms with van der Waals surface area (Å²) in [5.41, 5.74) is 0. The maximum absolute atomic E-state index is 13.4. The Kier molecular flexibility index (Phi) is 11.1. The quantitative estimate of drug-likeness (QED) is 0.231. The molecule has 1 rings (SSSR count). The van der Waals surface area contributed by atoms with Crippen molar-refractivity contribution >= 4 is 43.5 Å². The van der Waals surface area contributed by atoms with Crippen molar-refractivity contribution in [2.24, 2.45) is 5.92 Å². The molecule has 0 heterocycles. The molecule has 2 nitrogen and oxygen atoms in total. The minimum absolute atomic E-state index is 0.143. The van der Waals surface area contributed by atoms with Gasteiger partial charge in [-0.15, -0.1) is 0 Å². The lowest BCUT2D eigenvalue weighted by molar-refractivity contribution is -0.144. The second-order valence-electron chi connectivity index (χ2n) is 5.33. The molecule has 0 aromatic heterocycles. The summed E-state index contributed by atoms with van der Waals surface area (Å²) in [5, 5.41) is 0. The number of hydrogen-bond donors (Lipinski definition) is 0. The van der Waals surface area contributed by atoms with Crippen molar-refractivity contribution in [3.8, 4) is 0 Å². The van der Waals surface area contributed by atoms with E-state index in [4.69, 9.17) is 4.74 Å². The highest BCUT2D eigenvalue weighted by Gasteiger charge is 2.10. The van der Waals surface area contributed by atoms with Crippen LogP contribution in [0.4, 0.5) is 4.39 Å². The van der Waals surface area contributed by atoms with Crippen LogP contribution in [0.15, 0.2) is 27.6 Å². The molecule has 1 unspecified atom stereocenters. The molecular formula is C17H24BrFO2S2. The minimum atomic E-state index is -0.271. The Morgan fingerprint density at radius 1 is 1.39 bits per heavy atom. The number of unbranched alkanes of at least 4 members (excludes halogenated alkanes) is 1. The molecule has 1 aromatic carbocycles. The SMILES string of the molecule is CCCCC(CC)COC(=O)CCSSc1ccc(Br)c(F)c1. The Morgan fingerprint density at radius 3 is 2.83 bits per heavy atom. The first-order valence-electron chi connectivity index (χ1n) is 7.96. The monoisotopic (exact) mass is 422 g/mol. The molecule has 0 bridgehead atoms. The van der Waals surface area contributed by atoms with Gasteiger partial charge in [0.1, 0.15) is 5.82 Å². The smallest absolute Gasteiger partial charge is 0.306 e. The average Bonchev–Trinajstić information content (AvgIpc) is 2.55. The van der Waals surface area contributed by atoms with Gasteiger partial charge >= 0.3 is 5.97 Å². The molecule has 0 aliphatic rings. The third-order valence-electron chi connectivity index (χ3n) is 3.46. The number of benzene rings is 1. The number of rotatable bonds is 11. The van der Waals surface area contributed by atoms with Crippen molar-refractivity contribution in [3.63, 3.8) is 0 Å². The van der Waals surface area contributed by atoms with Gasteiger partial charge in [0, 0.05) is 10.6 Å². The molecule has 1 atom stereocenters. The lowest BCUT2D eigenvalue weighted by atomic mass is 10.0. The molecule has 0 N–H and O–H groups in total. The standard InChI is InChI=1S/C17H24BrFO2S2/c1-3-5-6-13(4-2)12-21-17(20)9-10-22-23-14-7-8-15(18)16(19)11-14/h7-8,11,13H,3-6,9-10,12H2,1-2H3. The molecule has 0 saturated heterocycles. The molecule has 0 amide bonds. The molecular weight excluding hydrogens is 399 g/mol. The van der Waals surface area contributed by atoms with E-state index in [1.165, 1.54) is 40.5 Å². The number of hydrogen-bond acceptors (Lipinski definition) is 4. The van der Waals surface area contributed by atoms with Crippen LogP contribution in [0.3, 0.4) is 0 Å². The summed E-state index contributed by atoms with van der Waals surface area (Å²) in [5.74, 6) is 0.724. The summed E-state index contributed by atoms with van der Waals surface area (Å²) >= 11 is 3.13. The Labute approximate surface area is 154 Å². The Morgan fingerprint density at radius 2 is 2.17 bits per heavy atom. The Hall–Kier alpha value is -0.200. The predicted octanol–water partition coefficient (Wildman–Crippen LogP) is 6.48. The van der Waals surface area contributed by atoms with Gasteiger partial charge in [0.05, 0.1) is 17.5 Å². The summed E-state index contributed by atoms with van der Waals surface area (Å²) in [6, 6.07) is 5.02. The van der Waals surface area contributed by atoms with Crippen molar-refractivity contribution in [1.29, 1.82) is 0 Å². The molecule has 23 heavy (non-hydrogen) atoms. The van der Waals surface area contributed by atoms with Crippen LogP contribution in [-0.2, 0) is 9.53 Å². The second kappa shape index (κ2) is 12.2. The van der Waals surface area contributed by atoms with Crippen molar-refractivity contribution < 1.29 is 13.9 Å². The number of ether oxygens (including phenoxy) is 1. The van der Waals surface area contributed by atoms with Gasteiger partial charge < -0.3 is 4.74 Å². The maximum Gasteiger partial charge on any atom is 0.306 e. The van der Waals surface area contributed by atoms with Gasteiger partial charge in [-0.05, 0) is 46.5 Å². The van der Waals surface area contributed by atoms with Gasteiger partial charge in [-0.1, -0.05) is 54.7 Å². The Bertz CT molecular complexity index is 486. The van der Waals surface area contributed by atoms with Crippen LogP contribution in [0.2, 0.25) is 0 Å². The number of esters is 1. The van der Waals surface area contributed by atoms with Gasteiger partial charge in [0.25, 0.3) is 0 Å². The normalized spacial score (nSPS) is 12.2. The number of carbonyl (C=O) groups is 1. The van der Waals surface area contributed by atoms with E-state index in [0.29, 0.717) is 29.2 Å². The topological polar surface area (TPSA) is 26.3 Å². The van der Waals surface area contributed by atoms with E-state index in [2.05, 4.69) is 29.8 Å². The molecule has 0 aliphatic heterocycles. The minimum Gasteiger partial charge on any atom is -0.465 e. The highest BCUT2D eigenvalue weighted by Crippen LogP contribution is 2.33. The third kappa shape index (κ3) is 9.01. The fourth-order valence-electron chi connectivity index (χ4n) is 1.94. The zero-order chi connectivity index (χ0) is 17.1. The molecule has 0 aliphatic carbocycles. The van der Waals surface area contributed by atoms with Crippen LogP contribution < -0.4 is 0 Å². The van der Waals surface area contributed by atoms with E-state index in [1.54, 1.807) is 6.07 Å². The number of carbonyl (C=O) groups excluding carboxylic acids is 1. The highest BCUT2D eigenvalue weighted by molar-refractivity contribution is 9.10. The van der Waals surface area contributed by atoms with E-state index in [1.807, 2.05) is 6.07 Å². The first-order valence-corrected chi connectivity index (χ1v) is 11.1. The van der Waals surface area contributed by atoms with Crippen LogP contribution in [0.5, 0.6) is 0 Å². The van der Waals surface area contributed by atoms with Gasteiger partial charge in [-0.3, -0.25) is 4.79 Å². The molecule has 1 aromatic rings. The molecule has 0 fully saturated rings. The summed E-state index contributed by atoms with van der Waals surface area (Å²) in [7, 11) is 3.01. The van der Waals surface area contributed by atoms with E-state index >= 15 is 0 Å². The average molecular weight is 423 g/mol. The molecule has 0 saturated carbocycles. The number of halogens is 2. The van der Waals surface area contributed by atoms with Crippen molar-refractivity contribution in [1.82, 2.24) is 0 Å². The van der Waals surface area contributed by atoms with E-state index < -0.39 is 0 Å². The van der Waals surface area contributed by atoms with Crippen LogP contribution in [0.1, 0.15) is 46.0 Å². The van der Waals surface area contributed by atoms with E-state index in [0.717, 1.165) is 17.7 Å².